The zero-order chi connectivity index (χ0) is 12.1. The molecular formula is C13H14BrN3. The van der Waals surface area contributed by atoms with Crippen LogP contribution in [0.1, 0.15) is 13.3 Å². The van der Waals surface area contributed by atoms with Gasteiger partial charge in [0.15, 0.2) is 0 Å². The van der Waals surface area contributed by atoms with Crippen LogP contribution in [0.5, 0.6) is 0 Å². The molecule has 1 aromatic heterocycles. The van der Waals surface area contributed by atoms with Gasteiger partial charge in [0.2, 0.25) is 5.95 Å². The predicted octanol–water partition coefficient (Wildman–Crippen LogP) is 3.73. The number of rotatable bonds is 4. The van der Waals surface area contributed by atoms with Crippen molar-refractivity contribution in [1.29, 1.82) is 0 Å². The first kappa shape index (κ1) is 12.0. The Morgan fingerprint density at radius 3 is 2.65 bits per heavy atom. The Kier molecular flexibility index (Phi) is 4.09. The highest BCUT2D eigenvalue weighted by Gasteiger charge is 2.01. The van der Waals surface area contributed by atoms with Gasteiger partial charge in [0.05, 0.1) is 5.69 Å². The van der Waals surface area contributed by atoms with Crippen LogP contribution in [0.15, 0.2) is 41.0 Å². The fraction of sp³-hybridized carbons (Fsp3) is 0.231. The van der Waals surface area contributed by atoms with Crippen LogP contribution in [0.3, 0.4) is 0 Å². The fourth-order valence-electron chi connectivity index (χ4n) is 1.46. The summed E-state index contributed by atoms with van der Waals surface area (Å²) in [7, 11) is 0. The van der Waals surface area contributed by atoms with Crippen molar-refractivity contribution in [2.24, 2.45) is 0 Å². The predicted molar refractivity (Wildman–Crippen MR) is 73.9 cm³/mol. The molecule has 3 nitrogen and oxygen atoms in total. The van der Waals surface area contributed by atoms with Crippen LogP contribution in [0.25, 0.3) is 11.3 Å². The number of halogens is 1. The lowest BCUT2D eigenvalue weighted by molar-refractivity contribution is 0.953. The number of benzene rings is 1. The summed E-state index contributed by atoms with van der Waals surface area (Å²) in [6.07, 6.45) is 2.84. The standard InChI is InChI=1S/C13H14BrN3/c1-2-8-15-13-16-9-7-12(17-13)10-3-5-11(14)6-4-10/h3-7,9H,2,8H2,1H3,(H,15,16,17). The molecule has 1 aromatic carbocycles. The summed E-state index contributed by atoms with van der Waals surface area (Å²) in [5.41, 5.74) is 2.03. The van der Waals surface area contributed by atoms with E-state index in [9.17, 15) is 0 Å². The fourth-order valence-corrected chi connectivity index (χ4v) is 1.73. The summed E-state index contributed by atoms with van der Waals surface area (Å²) in [5, 5.41) is 3.18. The Bertz CT molecular complexity index is 482. The minimum absolute atomic E-state index is 0.687. The van der Waals surface area contributed by atoms with Gasteiger partial charge in [0.1, 0.15) is 0 Å². The molecule has 88 valence electrons. The van der Waals surface area contributed by atoms with Crippen molar-refractivity contribution in [3.05, 3.63) is 41.0 Å². The third-order valence-electron chi connectivity index (χ3n) is 2.33. The summed E-state index contributed by atoms with van der Waals surface area (Å²) >= 11 is 3.42. The molecule has 0 bridgehead atoms. The molecule has 1 heterocycles. The van der Waals surface area contributed by atoms with Crippen molar-refractivity contribution in [3.63, 3.8) is 0 Å². The number of hydrogen-bond donors (Lipinski definition) is 1. The van der Waals surface area contributed by atoms with Crippen molar-refractivity contribution in [3.8, 4) is 11.3 Å². The quantitative estimate of drug-likeness (QED) is 0.933. The minimum Gasteiger partial charge on any atom is -0.354 e. The van der Waals surface area contributed by atoms with E-state index < -0.39 is 0 Å². The van der Waals surface area contributed by atoms with Crippen LogP contribution in [0.2, 0.25) is 0 Å². The molecule has 0 aliphatic heterocycles. The van der Waals surface area contributed by atoms with E-state index in [2.05, 4.69) is 38.1 Å². The van der Waals surface area contributed by atoms with Gasteiger partial charge in [-0.3, -0.25) is 0 Å². The SMILES string of the molecule is CCCNc1nccc(-c2ccc(Br)cc2)n1. The molecule has 0 spiro atoms. The molecule has 0 aliphatic rings. The Balaban J connectivity index is 2.23. The largest absolute Gasteiger partial charge is 0.354 e. The molecule has 2 rings (SSSR count). The van der Waals surface area contributed by atoms with Crippen LogP contribution in [-0.4, -0.2) is 16.5 Å². The highest BCUT2D eigenvalue weighted by Crippen LogP contribution is 2.20. The summed E-state index contributed by atoms with van der Waals surface area (Å²) < 4.78 is 1.07. The third kappa shape index (κ3) is 3.27. The summed E-state index contributed by atoms with van der Waals surface area (Å²) in [4.78, 5) is 8.66. The van der Waals surface area contributed by atoms with Gasteiger partial charge in [0.25, 0.3) is 0 Å². The van der Waals surface area contributed by atoms with Crippen molar-refractivity contribution < 1.29 is 0 Å². The molecule has 0 radical (unpaired) electrons. The number of aromatic nitrogens is 2. The second-order valence-corrected chi connectivity index (χ2v) is 4.61. The number of nitrogens with zero attached hydrogens (tertiary/aromatic N) is 2. The average Bonchev–Trinajstić information content (AvgIpc) is 2.37. The maximum absolute atomic E-state index is 4.47. The highest BCUT2D eigenvalue weighted by molar-refractivity contribution is 9.10. The molecule has 0 aliphatic carbocycles. The molecule has 2 aromatic rings. The molecule has 1 N–H and O–H groups in total. The second kappa shape index (κ2) is 5.77. The first-order valence-corrected chi connectivity index (χ1v) is 6.42. The lowest BCUT2D eigenvalue weighted by Crippen LogP contribution is -2.04. The van der Waals surface area contributed by atoms with Gasteiger partial charge in [-0.05, 0) is 24.6 Å². The first-order chi connectivity index (χ1) is 8.29. The molecule has 0 unspecified atom stereocenters. The van der Waals surface area contributed by atoms with Crippen LogP contribution in [0.4, 0.5) is 5.95 Å². The van der Waals surface area contributed by atoms with Crippen LogP contribution in [0, 0.1) is 0 Å². The summed E-state index contributed by atoms with van der Waals surface area (Å²) in [6.45, 7) is 3.01. The minimum atomic E-state index is 0.687. The van der Waals surface area contributed by atoms with Gasteiger partial charge < -0.3 is 5.32 Å². The normalized spacial score (nSPS) is 10.2. The van der Waals surface area contributed by atoms with Gasteiger partial charge in [-0.1, -0.05) is 35.0 Å². The van der Waals surface area contributed by atoms with Gasteiger partial charge in [0, 0.05) is 22.8 Å². The topological polar surface area (TPSA) is 37.8 Å². The molecular weight excluding hydrogens is 278 g/mol. The van der Waals surface area contributed by atoms with E-state index in [0.29, 0.717) is 5.95 Å². The maximum Gasteiger partial charge on any atom is 0.223 e. The molecule has 0 amide bonds. The van der Waals surface area contributed by atoms with E-state index in [1.807, 2.05) is 30.3 Å². The summed E-state index contributed by atoms with van der Waals surface area (Å²) in [5.74, 6) is 0.687. The second-order valence-electron chi connectivity index (χ2n) is 3.70. The van der Waals surface area contributed by atoms with Crippen molar-refractivity contribution >= 4 is 21.9 Å². The smallest absolute Gasteiger partial charge is 0.223 e. The third-order valence-corrected chi connectivity index (χ3v) is 2.86. The van der Waals surface area contributed by atoms with Gasteiger partial charge in [-0.15, -0.1) is 0 Å². The first-order valence-electron chi connectivity index (χ1n) is 5.62. The van der Waals surface area contributed by atoms with Gasteiger partial charge >= 0.3 is 0 Å². The van der Waals surface area contributed by atoms with E-state index in [-0.39, 0.29) is 0 Å². The monoisotopic (exact) mass is 291 g/mol. The van der Waals surface area contributed by atoms with E-state index >= 15 is 0 Å². The lowest BCUT2D eigenvalue weighted by atomic mass is 10.1. The maximum atomic E-state index is 4.47. The highest BCUT2D eigenvalue weighted by atomic mass is 79.9. The number of nitrogens with one attached hydrogen (secondary N) is 1. The Morgan fingerprint density at radius 1 is 1.18 bits per heavy atom. The van der Waals surface area contributed by atoms with Crippen LogP contribution >= 0.6 is 15.9 Å². The van der Waals surface area contributed by atoms with E-state index in [1.54, 1.807) is 6.20 Å². The number of anilines is 1. The molecule has 0 fully saturated rings. The Hall–Kier alpha value is -1.42. The van der Waals surface area contributed by atoms with E-state index in [1.165, 1.54) is 0 Å². The van der Waals surface area contributed by atoms with E-state index in [4.69, 9.17) is 0 Å². The van der Waals surface area contributed by atoms with E-state index in [0.717, 1.165) is 28.7 Å². The average molecular weight is 292 g/mol. The van der Waals surface area contributed by atoms with Crippen molar-refractivity contribution in [1.82, 2.24) is 9.97 Å². The number of hydrogen-bond acceptors (Lipinski definition) is 3. The zero-order valence-corrected chi connectivity index (χ0v) is 11.2. The van der Waals surface area contributed by atoms with Crippen LogP contribution < -0.4 is 5.32 Å². The van der Waals surface area contributed by atoms with Crippen molar-refractivity contribution in [2.75, 3.05) is 11.9 Å². The Labute approximate surface area is 109 Å². The molecule has 4 heteroatoms. The van der Waals surface area contributed by atoms with Gasteiger partial charge in [-0.25, -0.2) is 9.97 Å². The molecule has 0 saturated heterocycles. The zero-order valence-electron chi connectivity index (χ0n) is 9.65. The van der Waals surface area contributed by atoms with Gasteiger partial charge in [-0.2, -0.15) is 0 Å². The molecule has 0 saturated carbocycles. The summed E-state index contributed by atoms with van der Waals surface area (Å²) in [6, 6.07) is 10.0. The van der Waals surface area contributed by atoms with Crippen molar-refractivity contribution in [2.45, 2.75) is 13.3 Å². The lowest BCUT2D eigenvalue weighted by Gasteiger charge is -2.05. The molecule has 17 heavy (non-hydrogen) atoms. The molecule has 0 atom stereocenters. The Morgan fingerprint density at radius 2 is 1.94 bits per heavy atom. The van der Waals surface area contributed by atoms with Crippen LogP contribution in [-0.2, 0) is 0 Å².